The fourth-order valence-electron chi connectivity index (χ4n) is 2.17. The molecular weight excluding hydrogens is 224 g/mol. The normalized spacial score (nSPS) is 24.4. The predicted octanol–water partition coefficient (Wildman–Crippen LogP) is 1.17. The first kappa shape index (κ1) is 11.7. The standard InChI is InChI=1S/C12H14O5/c1-5-7(14)4-8(15)9-10(5)12(3,6(2)13)17-11(9)16/h4,6,13-15H,1-3H3/t6-,12-/m0/s1. The minimum absolute atomic E-state index is 0.0173. The van der Waals surface area contributed by atoms with Gasteiger partial charge in [-0.2, -0.15) is 0 Å². The maximum atomic E-state index is 11.7. The second kappa shape index (κ2) is 3.37. The second-order valence-electron chi connectivity index (χ2n) is 4.46. The van der Waals surface area contributed by atoms with E-state index in [0.717, 1.165) is 6.07 Å². The first-order valence-corrected chi connectivity index (χ1v) is 5.26. The van der Waals surface area contributed by atoms with Crippen LogP contribution in [-0.2, 0) is 10.3 Å². The van der Waals surface area contributed by atoms with Crippen LogP contribution in [0.4, 0.5) is 0 Å². The number of phenols is 2. The zero-order chi connectivity index (χ0) is 13.0. The van der Waals surface area contributed by atoms with Gasteiger partial charge in [0.2, 0.25) is 0 Å². The highest BCUT2D eigenvalue weighted by atomic mass is 16.6. The quantitative estimate of drug-likeness (QED) is 0.639. The number of aromatic hydroxyl groups is 2. The summed E-state index contributed by atoms with van der Waals surface area (Å²) in [4.78, 5) is 11.7. The predicted molar refractivity (Wildman–Crippen MR) is 59.0 cm³/mol. The number of rotatable bonds is 1. The van der Waals surface area contributed by atoms with E-state index >= 15 is 0 Å². The number of carbonyl (C=O) groups is 1. The van der Waals surface area contributed by atoms with Crippen LogP contribution in [0.25, 0.3) is 0 Å². The Hall–Kier alpha value is -1.75. The Morgan fingerprint density at radius 2 is 1.94 bits per heavy atom. The highest BCUT2D eigenvalue weighted by Crippen LogP contribution is 2.46. The van der Waals surface area contributed by atoms with Crippen LogP contribution in [0.1, 0.15) is 35.3 Å². The number of ether oxygens (including phenoxy) is 1. The van der Waals surface area contributed by atoms with Gasteiger partial charge in [0.15, 0.2) is 5.60 Å². The summed E-state index contributed by atoms with van der Waals surface area (Å²) in [5, 5.41) is 29.1. The number of aliphatic hydroxyl groups excluding tert-OH is 1. The van der Waals surface area contributed by atoms with Crippen molar-refractivity contribution in [1.82, 2.24) is 0 Å². The van der Waals surface area contributed by atoms with Crippen LogP contribution in [0.15, 0.2) is 6.07 Å². The smallest absolute Gasteiger partial charge is 0.343 e. The van der Waals surface area contributed by atoms with Gasteiger partial charge in [-0.3, -0.25) is 0 Å². The van der Waals surface area contributed by atoms with Crippen LogP contribution >= 0.6 is 0 Å². The van der Waals surface area contributed by atoms with Crippen LogP contribution in [0.2, 0.25) is 0 Å². The molecule has 2 atom stereocenters. The molecule has 0 saturated heterocycles. The minimum atomic E-state index is -1.24. The van der Waals surface area contributed by atoms with Crippen molar-refractivity contribution in [2.75, 3.05) is 0 Å². The molecule has 1 aromatic carbocycles. The summed E-state index contributed by atoms with van der Waals surface area (Å²) in [6.07, 6.45) is -0.951. The van der Waals surface area contributed by atoms with E-state index in [9.17, 15) is 20.1 Å². The van der Waals surface area contributed by atoms with Gasteiger partial charge in [-0.25, -0.2) is 4.79 Å². The fraction of sp³-hybridized carbons (Fsp3) is 0.417. The van der Waals surface area contributed by atoms with Gasteiger partial charge in [-0.05, 0) is 26.3 Å². The molecule has 1 aromatic rings. The summed E-state index contributed by atoms with van der Waals surface area (Å²) in [5.74, 6) is -1.16. The van der Waals surface area contributed by atoms with E-state index in [0.29, 0.717) is 11.1 Å². The number of phenolic OH excluding ortho intramolecular Hbond substituents is 2. The fourth-order valence-corrected chi connectivity index (χ4v) is 2.17. The number of hydrogen-bond donors (Lipinski definition) is 3. The molecule has 0 fully saturated rings. The van der Waals surface area contributed by atoms with Gasteiger partial charge in [0.1, 0.15) is 17.1 Å². The van der Waals surface area contributed by atoms with Crippen LogP contribution < -0.4 is 0 Å². The third-order valence-corrected chi connectivity index (χ3v) is 3.34. The molecular formula is C12H14O5. The summed E-state index contributed by atoms with van der Waals surface area (Å²) in [5.41, 5.74) is -0.460. The largest absolute Gasteiger partial charge is 0.508 e. The van der Waals surface area contributed by atoms with Crippen LogP contribution in [0.5, 0.6) is 11.5 Å². The summed E-state index contributed by atoms with van der Waals surface area (Å²) >= 11 is 0. The Balaban J connectivity index is 2.81. The van der Waals surface area contributed by atoms with Crippen molar-refractivity contribution >= 4 is 5.97 Å². The SMILES string of the molecule is Cc1c(O)cc(O)c2c1[C@](C)([C@H](C)O)OC2=O. The van der Waals surface area contributed by atoms with Crippen molar-refractivity contribution in [1.29, 1.82) is 0 Å². The maximum Gasteiger partial charge on any atom is 0.343 e. The van der Waals surface area contributed by atoms with Gasteiger partial charge in [0, 0.05) is 11.6 Å². The minimum Gasteiger partial charge on any atom is -0.508 e. The van der Waals surface area contributed by atoms with Crippen molar-refractivity contribution in [2.45, 2.75) is 32.5 Å². The first-order valence-electron chi connectivity index (χ1n) is 5.26. The van der Waals surface area contributed by atoms with Crippen molar-refractivity contribution < 1.29 is 24.9 Å². The van der Waals surface area contributed by atoms with Crippen molar-refractivity contribution in [3.63, 3.8) is 0 Å². The van der Waals surface area contributed by atoms with E-state index in [4.69, 9.17) is 4.74 Å². The molecule has 0 radical (unpaired) electrons. The lowest BCUT2D eigenvalue weighted by Crippen LogP contribution is -2.35. The zero-order valence-corrected chi connectivity index (χ0v) is 9.81. The second-order valence-corrected chi connectivity index (χ2v) is 4.46. The molecule has 0 aliphatic carbocycles. The molecule has 2 rings (SSSR count). The van der Waals surface area contributed by atoms with E-state index in [1.165, 1.54) is 6.92 Å². The molecule has 0 saturated carbocycles. The lowest BCUT2D eigenvalue weighted by molar-refractivity contribution is -0.0659. The van der Waals surface area contributed by atoms with Crippen molar-refractivity contribution in [3.05, 3.63) is 22.8 Å². The number of fused-ring (bicyclic) bond motifs is 1. The monoisotopic (exact) mass is 238 g/mol. The summed E-state index contributed by atoms with van der Waals surface area (Å²) in [6, 6.07) is 1.10. The number of benzene rings is 1. The Morgan fingerprint density at radius 1 is 1.35 bits per heavy atom. The molecule has 5 nitrogen and oxygen atoms in total. The molecule has 92 valence electrons. The Kier molecular flexibility index (Phi) is 2.32. The van der Waals surface area contributed by atoms with E-state index in [-0.39, 0.29) is 17.1 Å². The molecule has 3 N–H and O–H groups in total. The number of carbonyl (C=O) groups excluding carboxylic acids is 1. The van der Waals surface area contributed by atoms with Gasteiger partial charge >= 0.3 is 5.97 Å². The average molecular weight is 238 g/mol. The van der Waals surface area contributed by atoms with Crippen LogP contribution in [-0.4, -0.2) is 27.4 Å². The summed E-state index contributed by atoms with van der Waals surface area (Å²) in [7, 11) is 0. The molecule has 1 aliphatic rings. The third kappa shape index (κ3) is 1.39. The van der Waals surface area contributed by atoms with E-state index in [1.54, 1.807) is 13.8 Å². The summed E-state index contributed by atoms with van der Waals surface area (Å²) < 4.78 is 5.14. The molecule has 5 heteroatoms. The first-order chi connectivity index (χ1) is 7.79. The lowest BCUT2D eigenvalue weighted by Gasteiger charge is -2.28. The van der Waals surface area contributed by atoms with E-state index < -0.39 is 17.7 Å². The highest BCUT2D eigenvalue weighted by Gasteiger charge is 2.48. The Bertz CT molecular complexity index is 506. The molecule has 0 bridgehead atoms. The van der Waals surface area contributed by atoms with Gasteiger partial charge in [-0.1, -0.05) is 0 Å². The number of hydrogen-bond acceptors (Lipinski definition) is 5. The number of esters is 1. The Labute approximate surface area is 98.3 Å². The highest BCUT2D eigenvalue weighted by molar-refractivity contribution is 5.98. The van der Waals surface area contributed by atoms with Gasteiger partial charge in [-0.15, -0.1) is 0 Å². The van der Waals surface area contributed by atoms with Crippen molar-refractivity contribution in [2.24, 2.45) is 0 Å². The summed E-state index contributed by atoms with van der Waals surface area (Å²) in [6.45, 7) is 4.65. The topological polar surface area (TPSA) is 87.0 Å². The zero-order valence-electron chi connectivity index (χ0n) is 9.81. The van der Waals surface area contributed by atoms with Crippen LogP contribution in [0.3, 0.4) is 0 Å². The lowest BCUT2D eigenvalue weighted by atomic mass is 9.85. The van der Waals surface area contributed by atoms with Gasteiger partial charge in [0.25, 0.3) is 0 Å². The molecule has 1 heterocycles. The van der Waals surface area contributed by atoms with E-state index in [1.807, 2.05) is 0 Å². The van der Waals surface area contributed by atoms with Gasteiger partial charge < -0.3 is 20.1 Å². The average Bonchev–Trinajstić information content (AvgIpc) is 2.49. The maximum absolute atomic E-state index is 11.7. The molecule has 0 aromatic heterocycles. The third-order valence-electron chi connectivity index (χ3n) is 3.34. The van der Waals surface area contributed by atoms with E-state index in [2.05, 4.69) is 0 Å². The molecule has 0 unspecified atom stereocenters. The number of aliphatic hydroxyl groups is 1. The molecule has 1 aliphatic heterocycles. The molecule has 0 spiro atoms. The number of cyclic esters (lactones) is 1. The molecule has 17 heavy (non-hydrogen) atoms. The van der Waals surface area contributed by atoms with Gasteiger partial charge in [0.05, 0.1) is 6.10 Å². The van der Waals surface area contributed by atoms with Crippen molar-refractivity contribution in [3.8, 4) is 11.5 Å². The van der Waals surface area contributed by atoms with Crippen LogP contribution in [0, 0.1) is 6.92 Å². The molecule has 0 amide bonds. The Morgan fingerprint density at radius 3 is 2.47 bits per heavy atom.